The largest absolute Gasteiger partial charge is 0.353 e. The molecule has 2 heterocycles. The highest BCUT2D eigenvalue weighted by Crippen LogP contribution is 2.42. The van der Waals surface area contributed by atoms with E-state index in [9.17, 15) is 14.9 Å². The zero-order valence-corrected chi connectivity index (χ0v) is 19.5. The van der Waals surface area contributed by atoms with Gasteiger partial charge in [0, 0.05) is 27.4 Å². The second-order valence-electron chi connectivity index (χ2n) is 7.36. The minimum absolute atomic E-state index is 0.0193. The molecule has 1 aromatic heterocycles. The van der Waals surface area contributed by atoms with Crippen LogP contribution in [0.4, 0.5) is 5.69 Å². The number of nitriles is 1. The highest BCUT2D eigenvalue weighted by atomic mass is 32.2. The van der Waals surface area contributed by atoms with E-state index in [2.05, 4.69) is 16.7 Å². The van der Waals surface area contributed by atoms with Gasteiger partial charge in [-0.1, -0.05) is 66.4 Å². The van der Waals surface area contributed by atoms with Crippen LogP contribution in [0.15, 0.2) is 100 Å². The Kier molecular flexibility index (Phi) is 7.08. The lowest BCUT2D eigenvalue weighted by atomic mass is 9.86. The standard InChI is InChI=1S/C26H21N3O2S2/c1-17-23(25(31)29-19-11-6-3-7-12-19)24(22-13-8-14-32-22)20(15-27)26(28-17)33-16-21(30)18-9-4-2-5-10-18/h2-14,24,28H,16H2,1H3,(H,29,31)/t24-/m1/s1. The van der Waals surface area contributed by atoms with Crippen LogP contribution < -0.4 is 10.6 Å². The predicted octanol–water partition coefficient (Wildman–Crippen LogP) is 5.70. The number of thiophene rings is 1. The van der Waals surface area contributed by atoms with Crippen molar-refractivity contribution < 1.29 is 9.59 Å². The first-order chi connectivity index (χ1) is 16.1. The quantitative estimate of drug-likeness (QED) is 0.432. The highest BCUT2D eigenvalue weighted by molar-refractivity contribution is 8.03. The molecule has 1 atom stereocenters. The molecule has 0 fully saturated rings. The van der Waals surface area contributed by atoms with E-state index in [0.717, 1.165) is 4.88 Å². The fraction of sp³-hybridized carbons (Fsp3) is 0.115. The van der Waals surface area contributed by atoms with Crippen molar-refractivity contribution in [2.75, 3.05) is 11.1 Å². The molecule has 3 aromatic rings. The summed E-state index contributed by atoms with van der Waals surface area (Å²) in [5, 5.41) is 18.8. The van der Waals surface area contributed by atoms with Crippen molar-refractivity contribution in [3.05, 3.63) is 110 Å². The molecule has 1 aliphatic rings. The van der Waals surface area contributed by atoms with Gasteiger partial charge in [-0.2, -0.15) is 5.26 Å². The van der Waals surface area contributed by atoms with Gasteiger partial charge in [0.25, 0.3) is 5.91 Å². The van der Waals surface area contributed by atoms with Gasteiger partial charge in [0.1, 0.15) is 0 Å². The van der Waals surface area contributed by atoms with Crippen molar-refractivity contribution in [3.8, 4) is 6.07 Å². The second-order valence-corrected chi connectivity index (χ2v) is 9.33. The summed E-state index contributed by atoms with van der Waals surface area (Å²) in [5.74, 6) is -0.599. The van der Waals surface area contributed by atoms with E-state index in [-0.39, 0.29) is 17.4 Å². The summed E-state index contributed by atoms with van der Waals surface area (Å²) in [4.78, 5) is 26.8. The van der Waals surface area contributed by atoms with E-state index < -0.39 is 5.92 Å². The molecule has 164 valence electrons. The van der Waals surface area contributed by atoms with Gasteiger partial charge >= 0.3 is 0 Å². The molecule has 33 heavy (non-hydrogen) atoms. The minimum Gasteiger partial charge on any atom is -0.353 e. The molecular weight excluding hydrogens is 450 g/mol. The Morgan fingerprint density at radius 3 is 2.39 bits per heavy atom. The number of amides is 1. The molecule has 0 aliphatic carbocycles. The highest BCUT2D eigenvalue weighted by Gasteiger charge is 2.35. The van der Waals surface area contributed by atoms with Crippen molar-refractivity contribution >= 4 is 40.5 Å². The molecule has 4 rings (SSSR count). The number of carbonyl (C=O) groups is 2. The summed E-state index contributed by atoms with van der Waals surface area (Å²) < 4.78 is 0. The summed E-state index contributed by atoms with van der Waals surface area (Å²) in [7, 11) is 0. The lowest BCUT2D eigenvalue weighted by Gasteiger charge is -2.29. The number of anilines is 1. The lowest BCUT2D eigenvalue weighted by Crippen LogP contribution is -2.30. The number of benzene rings is 2. The number of nitrogens with one attached hydrogen (secondary N) is 2. The Labute approximate surface area is 200 Å². The average Bonchev–Trinajstić information content (AvgIpc) is 3.37. The molecule has 1 aliphatic heterocycles. The van der Waals surface area contributed by atoms with Gasteiger partial charge in [-0.15, -0.1) is 11.3 Å². The first-order valence-corrected chi connectivity index (χ1v) is 12.2. The maximum Gasteiger partial charge on any atom is 0.254 e. The molecule has 5 nitrogen and oxygen atoms in total. The van der Waals surface area contributed by atoms with Gasteiger partial charge in [0.05, 0.1) is 28.3 Å². The Morgan fingerprint density at radius 2 is 1.76 bits per heavy atom. The first kappa shape index (κ1) is 22.6. The van der Waals surface area contributed by atoms with Gasteiger partial charge in [0.2, 0.25) is 0 Å². The lowest BCUT2D eigenvalue weighted by molar-refractivity contribution is -0.113. The molecule has 2 N–H and O–H groups in total. The van der Waals surface area contributed by atoms with E-state index in [4.69, 9.17) is 0 Å². The number of Topliss-reactive ketones (excluding diaryl/α,β-unsaturated/α-hetero) is 1. The van der Waals surface area contributed by atoms with E-state index in [1.54, 1.807) is 12.1 Å². The third-order valence-corrected chi connectivity index (χ3v) is 7.15. The van der Waals surface area contributed by atoms with Crippen LogP contribution in [0, 0.1) is 11.3 Å². The smallest absolute Gasteiger partial charge is 0.254 e. The minimum atomic E-state index is -0.505. The van der Waals surface area contributed by atoms with Crippen LogP contribution in [0.5, 0.6) is 0 Å². The summed E-state index contributed by atoms with van der Waals surface area (Å²) in [6.07, 6.45) is 0. The third kappa shape index (κ3) is 5.08. The number of hydrogen-bond acceptors (Lipinski definition) is 6. The maximum absolute atomic E-state index is 13.3. The topological polar surface area (TPSA) is 82.0 Å². The van der Waals surface area contributed by atoms with Gasteiger partial charge in [-0.3, -0.25) is 9.59 Å². The van der Waals surface area contributed by atoms with Crippen LogP contribution in [0.2, 0.25) is 0 Å². The average molecular weight is 472 g/mol. The number of nitrogens with zero attached hydrogens (tertiary/aromatic N) is 1. The van der Waals surface area contributed by atoms with Crippen LogP contribution in [-0.4, -0.2) is 17.4 Å². The van der Waals surface area contributed by atoms with Crippen LogP contribution in [0.25, 0.3) is 0 Å². The molecule has 0 bridgehead atoms. The monoisotopic (exact) mass is 471 g/mol. The summed E-state index contributed by atoms with van der Waals surface area (Å²) >= 11 is 2.79. The molecule has 0 spiro atoms. The van der Waals surface area contributed by atoms with Crippen LogP contribution in [0.1, 0.15) is 28.1 Å². The molecule has 7 heteroatoms. The van der Waals surface area contributed by atoms with Crippen LogP contribution in [-0.2, 0) is 4.79 Å². The zero-order chi connectivity index (χ0) is 23.2. The molecule has 0 radical (unpaired) electrons. The Balaban J connectivity index is 1.64. The second kappa shape index (κ2) is 10.3. The summed E-state index contributed by atoms with van der Waals surface area (Å²) in [6, 6.07) is 24.5. The molecule has 2 aromatic carbocycles. The van der Waals surface area contributed by atoms with Crippen molar-refractivity contribution in [1.82, 2.24) is 5.32 Å². The van der Waals surface area contributed by atoms with Crippen molar-refractivity contribution in [2.45, 2.75) is 12.8 Å². The Bertz CT molecular complexity index is 1260. The van der Waals surface area contributed by atoms with Gasteiger partial charge in [-0.25, -0.2) is 0 Å². The molecule has 0 unspecified atom stereocenters. The Morgan fingerprint density at radius 1 is 1.06 bits per heavy atom. The molecule has 0 saturated carbocycles. The van der Waals surface area contributed by atoms with E-state index in [0.29, 0.717) is 33.1 Å². The van der Waals surface area contributed by atoms with Crippen molar-refractivity contribution in [1.29, 1.82) is 5.26 Å². The maximum atomic E-state index is 13.3. The Hall–Kier alpha value is -3.60. The number of rotatable bonds is 7. The fourth-order valence-corrected chi connectivity index (χ4v) is 5.46. The van der Waals surface area contributed by atoms with Crippen molar-refractivity contribution in [2.24, 2.45) is 0 Å². The van der Waals surface area contributed by atoms with Gasteiger partial charge in [0.15, 0.2) is 5.78 Å². The number of ketones is 1. The number of carbonyl (C=O) groups excluding carboxylic acids is 2. The number of allylic oxidation sites excluding steroid dienone is 2. The van der Waals surface area contributed by atoms with Crippen molar-refractivity contribution in [3.63, 3.8) is 0 Å². The molecule has 1 amide bonds. The molecular formula is C26H21N3O2S2. The first-order valence-electron chi connectivity index (χ1n) is 10.3. The van der Waals surface area contributed by atoms with E-state index in [1.807, 2.05) is 73.0 Å². The number of hydrogen-bond donors (Lipinski definition) is 2. The number of thioether (sulfide) groups is 1. The van der Waals surface area contributed by atoms with E-state index in [1.165, 1.54) is 23.1 Å². The predicted molar refractivity (Wildman–Crippen MR) is 134 cm³/mol. The third-order valence-electron chi connectivity index (χ3n) is 5.19. The summed E-state index contributed by atoms with van der Waals surface area (Å²) in [6.45, 7) is 1.83. The van der Waals surface area contributed by atoms with E-state index >= 15 is 0 Å². The summed E-state index contributed by atoms with van der Waals surface area (Å²) in [5.41, 5.74) is 2.91. The van der Waals surface area contributed by atoms with Gasteiger partial charge in [-0.05, 0) is 30.5 Å². The fourth-order valence-electron chi connectivity index (χ4n) is 3.63. The zero-order valence-electron chi connectivity index (χ0n) is 17.9. The molecule has 0 saturated heterocycles. The SMILES string of the molecule is CC1=C(C(=O)Nc2ccccc2)[C@@H](c2cccs2)C(C#N)=C(SCC(=O)c2ccccc2)N1. The van der Waals surface area contributed by atoms with Crippen LogP contribution in [0.3, 0.4) is 0 Å². The number of para-hydroxylation sites is 1. The number of dihydropyridines is 1. The normalized spacial score (nSPS) is 15.6. The van der Waals surface area contributed by atoms with Crippen LogP contribution >= 0.6 is 23.1 Å². The van der Waals surface area contributed by atoms with Gasteiger partial charge < -0.3 is 10.6 Å².